The number of hydrogen-bond donors (Lipinski definition) is 0. The Bertz CT molecular complexity index is 603. The third kappa shape index (κ3) is 2.77. The van der Waals surface area contributed by atoms with E-state index in [1.165, 1.54) is 5.56 Å². The van der Waals surface area contributed by atoms with Crippen molar-refractivity contribution >= 4 is 11.6 Å². The predicted molar refractivity (Wildman–Crippen MR) is 76.3 cm³/mol. The van der Waals surface area contributed by atoms with Crippen molar-refractivity contribution in [3.05, 3.63) is 72.8 Å². The van der Waals surface area contributed by atoms with Gasteiger partial charge in [0.1, 0.15) is 0 Å². The van der Waals surface area contributed by atoms with Crippen LogP contribution in [-0.4, -0.2) is 20.2 Å². The molecule has 0 saturated heterocycles. The van der Waals surface area contributed by atoms with Crippen molar-refractivity contribution in [2.24, 2.45) is 0 Å². The Morgan fingerprint density at radius 1 is 0.900 bits per heavy atom. The summed E-state index contributed by atoms with van der Waals surface area (Å²) < 4.78 is 0. The van der Waals surface area contributed by atoms with Crippen molar-refractivity contribution in [3.63, 3.8) is 0 Å². The van der Waals surface area contributed by atoms with Gasteiger partial charge in [-0.2, -0.15) is 5.10 Å². The maximum Gasteiger partial charge on any atom is 0.250 e. The van der Waals surface area contributed by atoms with E-state index in [2.05, 4.69) is 32.3 Å². The van der Waals surface area contributed by atoms with Gasteiger partial charge in [-0.15, -0.1) is 5.10 Å². The molecule has 0 radical (unpaired) electrons. The lowest BCUT2D eigenvalue weighted by Gasteiger charge is -2.21. The zero-order valence-electron chi connectivity index (χ0n) is 10.8. The summed E-state index contributed by atoms with van der Waals surface area (Å²) >= 11 is 0. The maximum absolute atomic E-state index is 4.28. The van der Waals surface area contributed by atoms with Crippen molar-refractivity contribution in [2.75, 3.05) is 4.90 Å². The normalized spacial score (nSPS) is 10.2. The molecule has 0 bridgehead atoms. The first-order valence-electron chi connectivity index (χ1n) is 6.29. The molecule has 20 heavy (non-hydrogen) atoms. The molecule has 5 heteroatoms. The smallest absolute Gasteiger partial charge is 0.250 e. The van der Waals surface area contributed by atoms with Crippen LogP contribution in [-0.2, 0) is 6.54 Å². The largest absolute Gasteiger partial charge is 0.303 e. The first kappa shape index (κ1) is 12.2. The Hall–Kier alpha value is -2.82. The molecule has 3 aromatic rings. The van der Waals surface area contributed by atoms with E-state index >= 15 is 0 Å². The highest BCUT2D eigenvalue weighted by atomic mass is 15.3. The van der Waals surface area contributed by atoms with Crippen LogP contribution in [0.25, 0.3) is 0 Å². The van der Waals surface area contributed by atoms with E-state index in [1.807, 2.05) is 35.2 Å². The Labute approximate surface area is 117 Å². The first-order valence-corrected chi connectivity index (χ1v) is 6.29. The Kier molecular flexibility index (Phi) is 3.59. The second kappa shape index (κ2) is 5.88. The van der Waals surface area contributed by atoms with Crippen LogP contribution in [0.1, 0.15) is 5.56 Å². The summed E-state index contributed by atoms with van der Waals surface area (Å²) in [4.78, 5) is 10.4. The predicted octanol–water partition coefficient (Wildman–Crippen LogP) is 2.60. The maximum atomic E-state index is 4.28. The van der Waals surface area contributed by atoms with Gasteiger partial charge in [-0.05, 0) is 17.7 Å². The summed E-state index contributed by atoms with van der Waals surface area (Å²) in [6.45, 7) is 0.665. The number of hydrogen-bond acceptors (Lipinski definition) is 5. The van der Waals surface area contributed by atoms with Gasteiger partial charge in [-0.25, -0.2) is 4.98 Å². The zero-order chi connectivity index (χ0) is 13.6. The van der Waals surface area contributed by atoms with Crippen molar-refractivity contribution in [1.29, 1.82) is 0 Å². The van der Waals surface area contributed by atoms with Crippen molar-refractivity contribution in [1.82, 2.24) is 20.2 Å². The average Bonchev–Trinajstić information content (AvgIpc) is 2.55. The fourth-order valence-electron chi connectivity index (χ4n) is 1.92. The minimum Gasteiger partial charge on any atom is -0.303 e. The summed E-state index contributed by atoms with van der Waals surface area (Å²) in [5, 5.41) is 7.99. The van der Waals surface area contributed by atoms with Crippen LogP contribution in [0.3, 0.4) is 0 Å². The average molecular weight is 263 g/mol. The summed E-state index contributed by atoms with van der Waals surface area (Å²) in [5.74, 6) is 0.560. The van der Waals surface area contributed by atoms with Crippen LogP contribution in [0, 0.1) is 0 Å². The minimum atomic E-state index is 0.560. The highest BCUT2D eigenvalue weighted by molar-refractivity contribution is 5.55. The summed E-state index contributed by atoms with van der Waals surface area (Å²) in [6, 6.07) is 14.0. The van der Waals surface area contributed by atoms with Gasteiger partial charge in [0.05, 0.1) is 30.8 Å². The SMILES string of the molecule is c1ccc(CN(c2cccnc2)c2nccnn2)cc1. The van der Waals surface area contributed by atoms with Crippen LogP contribution in [0.4, 0.5) is 11.6 Å². The van der Waals surface area contributed by atoms with Gasteiger partial charge in [0.15, 0.2) is 0 Å². The molecule has 0 saturated carbocycles. The van der Waals surface area contributed by atoms with Gasteiger partial charge in [-0.3, -0.25) is 4.98 Å². The second-order valence-electron chi connectivity index (χ2n) is 4.23. The molecule has 1 aromatic carbocycles. The minimum absolute atomic E-state index is 0.560. The number of pyridine rings is 1. The van der Waals surface area contributed by atoms with Gasteiger partial charge in [0.25, 0.3) is 0 Å². The van der Waals surface area contributed by atoms with E-state index in [0.717, 1.165) is 5.69 Å². The molecule has 3 rings (SSSR count). The zero-order valence-corrected chi connectivity index (χ0v) is 10.8. The molecule has 5 nitrogen and oxygen atoms in total. The molecule has 0 atom stereocenters. The summed E-state index contributed by atoms with van der Waals surface area (Å²) in [5.41, 5.74) is 2.10. The van der Waals surface area contributed by atoms with Crippen molar-refractivity contribution in [2.45, 2.75) is 6.54 Å². The summed E-state index contributed by atoms with van der Waals surface area (Å²) in [7, 11) is 0. The molecule has 0 aliphatic rings. The Morgan fingerprint density at radius 3 is 2.50 bits per heavy atom. The van der Waals surface area contributed by atoms with Gasteiger partial charge >= 0.3 is 0 Å². The lowest BCUT2D eigenvalue weighted by Crippen LogP contribution is -2.19. The molecule has 0 N–H and O–H groups in total. The van der Waals surface area contributed by atoms with E-state index in [4.69, 9.17) is 0 Å². The van der Waals surface area contributed by atoms with Crippen LogP contribution in [0.15, 0.2) is 67.3 Å². The molecular formula is C15H13N5. The monoisotopic (exact) mass is 263 g/mol. The first-order chi connectivity index (χ1) is 9.93. The van der Waals surface area contributed by atoms with Crippen LogP contribution in [0.2, 0.25) is 0 Å². The van der Waals surface area contributed by atoms with Crippen molar-refractivity contribution in [3.8, 4) is 0 Å². The standard InChI is InChI=1S/C15H13N5/c1-2-5-13(6-3-1)12-20(14-7-4-8-16-11-14)15-17-9-10-18-19-15/h1-11H,12H2. The molecule has 0 amide bonds. The molecule has 0 aliphatic heterocycles. The van der Waals surface area contributed by atoms with Crippen molar-refractivity contribution < 1.29 is 0 Å². The van der Waals surface area contributed by atoms with Crippen LogP contribution in [0.5, 0.6) is 0 Å². The number of benzene rings is 1. The lowest BCUT2D eigenvalue weighted by molar-refractivity contribution is 0.860. The summed E-state index contributed by atoms with van der Waals surface area (Å²) in [6.07, 6.45) is 6.73. The van der Waals surface area contributed by atoms with E-state index in [1.54, 1.807) is 24.8 Å². The number of nitrogens with zero attached hydrogens (tertiary/aromatic N) is 5. The van der Waals surface area contributed by atoms with E-state index in [-0.39, 0.29) is 0 Å². The Balaban J connectivity index is 1.96. The van der Waals surface area contributed by atoms with E-state index in [9.17, 15) is 0 Å². The lowest BCUT2D eigenvalue weighted by atomic mass is 10.2. The fraction of sp³-hybridized carbons (Fsp3) is 0.0667. The van der Waals surface area contributed by atoms with E-state index in [0.29, 0.717) is 12.5 Å². The van der Waals surface area contributed by atoms with Gasteiger partial charge in [-0.1, -0.05) is 30.3 Å². The van der Waals surface area contributed by atoms with Gasteiger partial charge < -0.3 is 4.90 Å². The molecule has 0 spiro atoms. The molecule has 0 fully saturated rings. The van der Waals surface area contributed by atoms with Crippen LogP contribution < -0.4 is 4.90 Å². The number of anilines is 2. The molecular weight excluding hydrogens is 250 g/mol. The fourth-order valence-corrected chi connectivity index (χ4v) is 1.92. The topological polar surface area (TPSA) is 54.8 Å². The molecule has 0 unspecified atom stereocenters. The third-order valence-corrected chi connectivity index (χ3v) is 2.85. The third-order valence-electron chi connectivity index (χ3n) is 2.85. The van der Waals surface area contributed by atoms with Crippen LogP contribution >= 0.6 is 0 Å². The quantitative estimate of drug-likeness (QED) is 0.724. The highest BCUT2D eigenvalue weighted by Crippen LogP contribution is 2.22. The number of aromatic nitrogens is 4. The second-order valence-corrected chi connectivity index (χ2v) is 4.23. The molecule has 2 heterocycles. The van der Waals surface area contributed by atoms with Gasteiger partial charge in [0, 0.05) is 6.20 Å². The molecule has 2 aromatic heterocycles. The molecule has 0 aliphatic carbocycles. The number of rotatable bonds is 4. The van der Waals surface area contributed by atoms with E-state index < -0.39 is 0 Å². The Morgan fingerprint density at radius 2 is 1.80 bits per heavy atom. The van der Waals surface area contributed by atoms with Gasteiger partial charge in [0.2, 0.25) is 5.95 Å². The highest BCUT2D eigenvalue weighted by Gasteiger charge is 2.12. The molecule has 98 valence electrons.